The largest absolute Gasteiger partial charge is 0.446 e. The molecule has 2 unspecified atom stereocenters. The van der Waals surface area contributed by atoms with Gasteiger partial charge in [-0.25, -0.2) is 4.79 Å². The van der Waals surface area contributed by atoms with Crippen molar-refractivity contribution in [2.75, 3.05) is 6.54 Å². The van der Waals surface area contributed by atoms with Crippen LogP contribution >= 0.6 is 12.6 Å². The average molecular weight is 175 g/mol. The third kappa shape index (κ3) is 3.01. The van der Waals surface area contributed by atoms with Crippen LogP contribution in [0.25, 0.3) is 0 Å². The molecule has 0 saturated carbocycles. The number of hydrogen-bond donors (Lipinski definition) is 2. The predicted octanol–water partition coefficient (Wildman–Crippen LogP) is 1.19. The zero-order valence-corrected chi connectivity index (χ0v) is 7.43. The Kier molecular flexibility index (Phi) is 3.05. The SMILES string of the molecule is CC(S)CC1CCNC(=O)O1. The van der Waals surface area contributed by atoms with E-state index in [-0.39, 0.29) is 12.2 Å². The molecule has 0 aliphatic carbocycles. The molecule has 0 aromatic rings. The molecule has 0 aromatic carbocycles. The summed E-state index contributed by atoms with van der Waals surface area (Å²) in [7, 11) is 0. The molecule has 4 heteroatoms. The van der Waals surface area contributed by atoms with E-state index in [1.165, 1.54) is 0 Å². The van der Waals surface area contributed by atoms with Gasteiger partial charge in [0.25, 0.3) is 0 Å². The Morgan fingerprint density at radius 1 is 1.91 bits per heavy atom. The van der Waals surface area contributed by atoms with Gasteiger partial charge in [-0.2, -0.15) is 12.6 Å². The van der Waals surface area contributed by atoms with E-state index in [4.69, 9.17) is 4.74 Å². The molecule has 1 N–H and O–H groups in total. The van der Waals surface area contributed by atoms with Gasteiger partial charge >= 0.3 is 6.09 Å². The van der Waals surface area contributed by atoms with Crippen molar-refractivity contribution >= 4 is 18.7 Å². The highest BCUT2D eigenvalue weighted by Crippen LogP contribution is 2.13. The maximum Gasteiger partial charge on any atom is 0.407 e. The summed E-state index contributed by atoms with van der Waals surface area (Å²) in [6.07, 6.45) is 1.51. The van der Waals surface area contributed by atoms with Crippen LogP contribution < -0.4 is 5.32 Å². The minimum absolute atomic E-state index is 0.0660. The third-order valence-electron chi connectivity index (χ3n) is 1.61. The van der Waals surface area contributed by atoms with Gasteiger partial charge in [-0.05, 0) is 6.42 Å². The topological polar surface area (TPSA) is 38.3 Å². The molecule has 11 heavy (non-hydrogen) atoms. The molecule has 0 radical (unpaired) electrons. The van der Waals surface area contributed by atoms with Gasteiger partial charge in [-0.1, -0.05) is 6.92 Å². The zero-order valence-electron chi connectivity index (χ0n) is 6.54. The number of alkyl carbamates (subject to hydrolysis) is 1. The van der Waals surface area contributed by atoms with E-state index in [0.29, 0.717) is 5.25 Å². The highest BCUT2D eigenvalue weighted by Gasteiger charge is 2.20. The van der Waals surface area contributed by atoms with Crippen LogP contribution in [0.15, 0.2) is 0 Å². The lowest BCUT2D eigenvalue weighted by atomic mass is 10.1. The highest BCUT2D eigenvalue weighted by molar-refractivity contribution is 7.80. The Hall–Kier alpha value is -0.380. The van der Waals surface area contributed by atoms with Crippen LogP contribution in [0.1, 0.15) is 19.8 Å². The number of thiol groups is 1. The van der Waals surface area contributed by atoms with Crippen molar-refractivity contribution < 1.29 is 9.53 Å². The van der Waals surface area contributed by atoms with Crippen molar-refractivity contribution in [3.05, 3.63) is 0 Å². The molecule has 1 amide bonds. The Labute approximate surface area is 71.9 Å². The lowest BCUT2D eigenvalue weighted by Gasteiger charge is -2.23. The van der Waals surface area contributed by atoms with E-state index in [2.05, 4.69) is 17.9 Å². The van der Waals surface area contributed by atoms with Crippen LogP contribution in [0.2, 0.25) is 0 Å². The fourth-order valence-electron chi connectivity index (χ4n) is 1.13. The Balaban J connectivity index is 2.28. The fraction of sp³-hybridized carbons (Fsp3) is 0.857. The van der Waals surface area contributed by atoms with Gasteiger partial charge in [0.05, 0.1) is 0 Å². The Morgan fingerprint density at radius 3 is 3.18 bits per heavy atom. The first-order valence-corrected chi connectivity index (χ1v) is 4.32. The zero-order chi connectivity index (χ0) is 8.27. The summed E-state index contributed by atoms with van der Waals surface area (Å²) in [4.78, 5) is 10.7. The lowest BCUT2D eigenvalue weighted by Crippen LogP contribution is -2.38. The van der Waals surface area contributed by atoms with Crippen molar-refractivity contribution in [3.63, 3.8) is 0 Å². The van der Waals surface area contributed by atoms with Crippen molar-refractivity contribution in [2.45, 2.75) is 31.1 Å². The van der Waals surface area contributed by atoms with Crippen LogP contribution in [0.5, 0.6) is 0 Å². The number of nitrogens with one attached hydrogen (secondary N) is 1. The van der Waals surface area contributed by atoms with E-state index in [9.17, 15) is 4.79 Å². The molecule has 1 rings (SSSR count). The van der Waals surface area contributed by atoms with E-state index in [0.717, 1.165) is 19.4 Å². The quantitative estimate of drug-likeness (QED) is 0.619. The maximum atomic E-state index is 10.7. The van der Waals surface area contributed by atoms with Crippen LogP contribution in [0, 0.1) is 0 Å². The molecule has 1 aliphatic rings. The Morgan fingerprint density at radius 2 is 2.64 bits per heavy atom. The standard InChI is InChI=1S/C7H13NO2S/c1-5(11)4-6-2-3-8-7(9)10-6/h5-6,11H,2-4H2,1H3,(H,8,9). The number of carbonyl (C=O) groups excluding carboxylic acids is 1. The summed E-state index contributed by atoms with van der Waals surface area (Å²) >= 11 is 4.23. The van der Waals surface area contributed by atoms with E-state index < -0.39 is 0 Å². The van der Waals surface area contributed by atoms with Gasteiger partial charge < -0.3 is 10.1 Å². The van der Waals surface area contributed by atoms with Gasteiger partial charge in [-0.15, -0.1) is 0 Å². The minimum Gasteiger partial charge on any atom is -0.446 e. The summed E-state index contributed by atoms with van der Waals surface area (Å²) in [5, 5.41) is 2.90. The van der Waals surface area contributed by atoms with Crippen LogP contribution in [-0.2, 0) is 4.74 Å². The summed E-state index contributed by atoms with van der Waals surface area (Å²) in [6.45, 7) is 2.73. The molecule has 1 fully saturated rings. The minimum atomic E-state index is -0.296. The van der Waals surface area contributed by atoms with Crippen molar-refractivity contribution in [1.82, 2.24) is 5.32 Å². The number of rotatable bonds is 2. The smallest absolute Gasteiger partial charge is 0.407 e. The molecule has 0 aromatic heterocycles. The number of carbonyl (C=O) groups is 1. The molecule has 2 atom stereocenters. The first-order valence-electron chi connectivity index (χ1n) is 3.81. The molecule has 1 aliphatic heterocycles. The lowest BCUT2D eigenvalue weighted by molar-refractivity contribution is 0.0698. The molecule has 64 valence electrons. The first-order chi connectivity index (χ1) is 5.18. The second kappa shape index (κ2) is 3.85. The van der Waals surface area contributed by atoms with Gasteiger partial charge in [0.2, 0.25) is 0 Å². The van der Waals surface area contributed by atoms with E-state index >= 15 is 0 Å². The van der Waals surface area contributed by atoms with Gasteiger partial charge in [0, 0.05) is 18.2 Å². The summed E-state index contributed by atoms with van der Waals surface area (Å²) in [5.74, 6) is 0. The summed E-state index contributed by atoms with van der Waals surface area (Å²) < 4.78 is 5.00. The summed E-state index contributed by atoms with van der Waals surface area (Å²) in [6, 6.07) is 0. The number of hydrogen-bond acceptors (Lipinski definition) is 3. The van der Waals surface area contributed by atoms with E-state index in [1.54, 1.807) is 0 Å². The molecule has 1 saturated heterocycles. The second-order valence-corrected chi connectivity index (χ2v) is 3.71. The van der Waals surface area contributed by atoms with Crippen molar-refractivity contribution in [3.8, 4) is 0 Å². The van der Waals surface area contributed by atoms with Crippen molar-refractivity contribution in [1.29, 1.82) is 0 Å². The van der Waals surface area contributed by atoms with Gasteiger partial charge in [-0.3, -0.25) is 0 Å². The van der Waals surface area contributed by atoms with Crippen LogP contribution in [0.3, 0.4) is 0 Å². The first kappa shape index (κ1) is 8.71. The molecule has 3 nitrogen and oxygen atoms in total. The Bertz CT molecular complexity index is 149. The molecule has 0 spiro atoms. The average Bonchev–Trinajstić information content (AvgIpc) is 1.85. The molecule has 1 heterocycles. The fourth-order valence-corrected chi connectivity index (χ4v) is 1.37. The summed E-state index contributed by atoms with van der Waals surface area (Å²) in [5.41, 5.74) is 0. The number of ether oxygens (including phenoxy) is 1. The number of cyclic esters (lactones) is 1. The van der Waals surface area contributed by atoms with Gasteiger partial charge in [0.1, 0.15) is 6.10 Å². The third-order valence-corrected chi connectivity index (χ3v) is 1.82. The monoisotopic (exact) mass is 175 g/mol. The number of amides is 1. The normalized spacial score (nSPS) is 27.1. The van der Waals surface area contributed by atoms with E-state index in [1.807, 2.05) is 6.92 Å². The molecular weight excluding hydrogens is 162 g/mol. The van der Waals surface area contributed by atoms with Crippen molar-refractivity contribution in [2.24, 2.45) is 0 Å². The van der Waals surface area contributed by atoms with Crippen LogP contribution in [0.4, 0.5) is 4.79 Å². The van der Waals surface area contributed by atoms with Crippen LogP contribution in [-0.4, -0.2) is 24.0 Å². The maximum absolute atomic E-state index is 10.7. The van der Waals surface area contributed by atoms with Gasteiger partial charge in [0.15, 0.2) is 0 Å². The second-order valence-electron chi connectivity index (χ2n) is 2.83. The predicted molar refractivity (Wildman–Crippen MR) is 46.0 cm³/mol. The molecular formula is C7H13NO2S. The highest BCUT2D eigenvalue weighted by atomic mass is 32.1. The molecule has 0 bridgehead atoms.